The third kappa shape index (κ3) is 4.10. The summed E-state index contributed by atoms with van der Waals surface area (Å²) in [5.74, 6) is -1.81. The van der Waals surface area contributed by atoms with Crippen LogP contribution in [0.1, 0.15) is 24.2 Å². The van der Waals surface area contributed by atoms with Crippen LogP contribution in [-0.4, -0.2) is 11.0 Å². The van der Waals surface area contributed by atoms with Crippen molar-refractivity contribution >= 4 is 11.6 Å². The molecule has 1 atom stereocenters. The van der Waals surface area contributed by atoms with E-state index in [1.165, 1.54) is 6.07 Å². The van der Waals surface area contributed by atoms with Gasteiger partial charge in [0, 0.05) is 11.8 Å². The van der Waals surface area contributed by atoms with Gasteiger partial charge in [-0.1, -0.05) is 18.2 Å². The van der Waals surface area contributed by atoms with Crippen molar-refractivity contribution in [3.63, 3.8) is 0 Å². The molecule has 2 aromatic rings. The van der Waals surface area contributed by atoms with Crippen LogP contribution < -0.4 is 5.32 Å². The molecule has 0 saturated heterocycles. The van der Waals surface area contributed by atoms with E-state index in [2.05, 4.69) is 5.32 Å². The number of rotatable bonds is 4. The second-order valence-electron chi connectivity index (χ2n) is 4.76. The zero-order valence-electron chi connectivity index (χ0n) is 11.4. The van der Waals surface area contributed by atoms with Crippen LogP contribution in [0, 0.1) is 11.6 Å². The molecule has 5 heteroatoms. The Morgan fingerprint density at radius 3 is 2.43 bits per heavy atom. The minimum atomic E-state index is -0.741. The van der Waals surface area contributed by atoms with Gasteiger partial charge in [-0.25, -0.2) is 8.78 Å². The monoisotopic (exact) mass is 291 g/mol. The summed E-state index contributed by atoms with van der Waals surface area (Å²) >= 11 is 0. The number of benzene rings is 2. The van der Waals surface area contributed by atoms with Gasteiger partial charge in [-0.2, -0.15) is 0 Å². The fourth-order valence-corrected chi connectivity index (χ4v) is 1.89. The predicted molar refractivity (Wildman–Crippen MR) is 75.8 cm³/mol. The van der Waals surface area contributed by atoms with Crippen LogP contribution in [0.2, 0.25) is 0 Å². The second kappa shape index (κ2) is 6.45. The van der Waals surface area contributed by atoms with Gasteiger partial charge < -0.3 is 10.4 Å². The van der Waals surface area contributed by atoms with Gasteiger partial charge in [0.2, 0.25) is 5.91 Å². The Hall–Kier alpha value is -2.27. The molecular formula is C16H15F2NO2. The van der Waals surface area contributed by atoms with Crippen LogP contribution in [0.25, 0.3) is 0 Å². The van der Waals surface area contributed by atoms with Gasteiger partial charge in [0.15, 0.2) is 0 Å². The number of aliphatic hydroxyl groups is 1. The fourth-order valence-electron chi connectivity index (χ4n) is 1.89. The largest absolute Gasteiger partial charge is 0.389 e. The summed E-state index contributed by atoms with van der Waals surface area (Å²) in [5, 5.41) is 12.0. The molecule has 2 N–H and O–H groups in total. The molecule has 21 heavy (non-hydrogen) atoms. The van der Waals surface area contributed by atoms with Crippen molar-refractivity contribution in [3.05, 3.63) is 65.2 Å². The van der Waals surface area contributed by atoms with Crippen LogP contribution in [0.4, 0.5) is 14.5 Å². The molecule has 2 rings (SSSR count). The van der Waals surface area contributed by atoms with E-state index in [1.807, 2.05) is 0 Å². The standard InChI is InChI=1S/C16H15F2NO2/c1-10(20)11-3-6-14(7-4-11)19-16(21)8-12-2-5-13(17)9-15(12)18/h2-7,9-10,20H,8H2,1H3,(H,19,21). The molecule has 0 heterocycles. The first-order chi connectivity index (χ1) is 9.95. The van der Waals surface area contributed by atoms with Crippen molar-refractivity contribution < 1.29 is 18.7 Å². The maximum atomic E-state index is 13.4. The SMILES string of the molecule is CC(O)c1ccc(NC(=O)Cc2ccc(F)cc2F)cc1. The normalized spacial score (nSPS) is 12.0. The zero-order chi connectivity index (χ0) is 15.4. The number of hydrogen-bond acceptors (Lipinski definition) is 2. The summed E-state index contributed by atoms with van der Waals surface area (Å²) in [4.78, 5) is 11.8. The van der Waals surface area contributed by atoms with E-state index in [9.17, 15) is 18.7 Å². The number of anilines is 1. The van der Waals surface area contributed by atoms with Crippen LogP contribution in [0.3, 0.4) is 0 Å². The van der Waals surface area contributed by atoms with Crippen LogP contribution in [0.15, 0.2) is 42.5 Å². The second-order valence-corrected chi connectivity index (χ2v) is 4.76. The van der Waals surface area contributed by atoms with Gasteiger partial charge in [-0.05, 0) is 36.2 Å². The first-order valence-corrected chi connectivity index (χ1v) is 6.47. The molecule has 0 radical (unpaired) electrons. The highest BCUT2D eigenvalue weighted by Crippen LogP contribution is 2.16. The Kier molecular flexibility index (Phi) is 4.65. The van der Waals surface area contributed by atoms with Gasteiger partial charge in [0.1, 0.15) is 11.6 Å². The number of amides is 1. The minimum Gasteiger partial charge on any atom is -0.389 e. The Bertz CT molecular complexity index is 639. The van der Waals surface area contributed by atoms with E-state index in [1.54, 1.807) is 31.2 Å². The molecule has 0 spiro atoms. The number of hydrogen-bond donors (Lipinski definition) is 2. The fraction of sp³-hybridized carbons (Fsp3) is 0.188. The number of halogens is 2. The first-order valence-electron chi connectivity index (χ1n) is 6.47. The van der Waals surface area contributed by atoms with E-state index >= 15 is 0 Å². The van der Waals surface area contributed by atoms with Crippen molar-refractivity contribution in [2.45, 2.75) is 19.4 Å². The molecule has 1 amide bonds. The summed E-state index contributed by atoms with van der Waals surface area (Å²) in [6, 6.07) is 9.81. The minimum absolute atomic E-state index is 0.134. The number of nitrogens with one attached hydrogen (secondary N) is 1. The van der Waals surface area contributed by atoms with Gasteiger partial charge in [0.25, 0.3) is 0 Å². The maximum Gasteiger partial charge on any atom is 0.228 e. The summed E-state index contributed by atoms with van der Waals surface area (Å²) < 4.78 is 26.2. The van der Waals surface area contributed by atoms with E-state index in [0.29, 0.717) is 5.69 Å². The average Bonchev–Trinajstić information content (AvgIpc) is 2.42. The molecular weight excluding hydrogens is 276 g/mol. The van der Waals surface area contributed by atoms with Crippen molar-refractivity contribution in [1.29, 1.82) is 0 Å². The lowest BCUT2D eigenvalue weighted by molar-refractivity contribution is -0.115. The van der Waals surface area contributed by atoms with Crippen LogP contribution >= 0.6 is 0 Å². The van der Waals surface area contributed by atoms with Gasteiger partial charge >= 0.3 is 0 Å². The Balaban J connectivity index is 2.01. The lowest BCUT2D eigenvalue weighted by atomic mass is 10.1. The lowest BCUT2D eigenvalue weighted by Gasteiger charge is -2.08. The van der Waals surface area contributed by atoms with Crippen molar-refractivity contribution in [2.75, 3.05) is 5.32 Å². The average molecular weight is 291 g/mol. The molecule has 2 aromatic carbocycles. The molecule has 3 nitrogen and oxygen atoms in total. The number of carbonyl (C=O) groups excluding carboxylic acids is 1. The molecule has 110 valence electrons. The van der Waals surface area contributed by atoms with Gasteiger partial charge in [-0.15, -0.1) is 0 Å². The summed E-state index contributed by atoms with van der Waals surface area (Å²) in [6.07, 6.45) is -0.757. The topological polar surface area (TPSA) is 49.3 Å². The molecule has 0 aromatic heterocycles. The molecule has 0 saturated carbocycles. The Morgan fingerprint density at radius 2 is 1.86 bits per heavy atom. The zero-order valence-corrected chi connectivity index (χ0v) is 11.4. The molecule has 0 aliphatic rings. The van der Waals surface area contributed by atoms with Crippen LogP contribution in [-0.2, 0) is 11.2 Å². The van der Waals surface area contributed by atoms with Crippen LogP contribution in [0.5, 0.6) is 0 Å². The van der Waals surface area contributed by atoms with E-state index in [-0.39, 0.29) is 12.0 Å². The smallest absolute Gasteiger partial charge is 0.228 e. The molecule has 1 unspecified atom stereocenters. The van der Waals surface area contributed by atoms with Crippen molar-refractivity contribution in [1.82, 2.24) is 0 Å². The number of aliphatic hydroxyl groups excluding tert-OH is 1. The molecule has 0 bridgehead atoms. The first kappa shape index (κ1) is 15.1. The molecule has 0 aliphatic heterocycles. The third-order valence-corrected chi connectivity index (χ3v) is 3.04. The summed E-state index contributed by atoms with van der Waals surface area (Å²) in [5.41, 5.74) is 1.42. The predicted octanol–water partition coefficient (Wildman–Crippen LogP) is 3.20. The van der Waals surface area contributed by atoms with E-state index in [4.69, 9.17) is 0 Å². The van der Waals surface area contributed by atoms with Gasteiger partial charge in [0.05, 0.1) is 12.5 Å². The quantitative estimate of drug-likeness (QED) is 0.909. The summed E-state index contributed by atoms with van der Waals surface area (Å²) in [6.45, 7) is 1.64. The maximum absolute atomic E-state index is 13.4. The van der Waals surface area contributed by atoms with E-state index in [0.717, 1.165) is 17.7 Å². The number of carbonyl (C=O) groups is 1. The molecule has 0 aliphatic carbocycles. The highest BCUT2D eigenvalue weighted by Gasteiger charge is 2.10. The van der Waals surface area contributed by atoms with E-state index < -0.39 is 23.6 Å². The highest BCUT2D eigenvalue weighted by molar-refractivity contribution is 5.92. The van der Waals surface area contributed by atoms with Gasteiger partial charge in [-0.3, -0.25) is 4.79 Å². The Labute approximate surface area is 121 Å². The third-order valence-electron chi connectivity index (χ3n) is 3.04. The van der Waals surface area contributed by atoms with Crippen molar-refractivity contribution in [3.8, 4) is 0 Å². The lowest BCUT2D eigenvalue weighted by Crippen LogP contribution is -2.15. The summed E-state index contributed by atoms with van der Waals surface area (Å²) in [7, 11) is 0. The van der Waals surface area contributed by atoms with Crippen molar-refractivity contribution in [2.24, 2.45) is 0 Å². The highest BCUT2D eigenvalue weighted by atomic mass is 19.1. The Morgan fingerprint density at radius 1 is 1.19 bits per heavy atom. The molecule has 0 fully saturated rings.